The van der Waals surface area contributed by atoms with Crippen molar-refractivity contribution in [2.75, 3.05) is 25.1 Å². The van der Waals surface area contributed by atoms with Crippen LogP contribution in [0.3, 0.4) is 0 Å². The number of hydrogen-bond donors (Lipinski definition) is 0. The molecule has 0 heterocycles. The van der Waals surface area contributed by atoms with E-state index in [0.29, 0.717) is 0 Å². The first kappa shape index (κ1) is 22.5. The van der Waals surface area contributed by atoms with Crippen LogP contribution in [0.5, 0.6) is 0 Å². The second-order valence-electron chi connectivity index (χ2n) is 5.75. The van der Waals surface area contributed by atoms with Gasteiger partial charge in [-0.1, -0.05) is 40.0 Å². The molecule has 0 atom stereocenters. The Kier molecular flexibility index (Phi) is 18.4. The fourth-order valence-corrected chi connectivity index (χ4v) is 3.36. The molecule has 0 aliphatic carbocycles. The summed E-state index contributed by atoms with van der Waals surface area (Å²) in [6.07, 6.45) is 12.4. The van der Waals surface area contributed by atoms with Gasteiger partial charge in [-0.2, -0.15) is 0 Å². The van der Waals surface area contributed by atoms with Crippen molar-refractivity contribution in [2.45, 2.75) is 78.6 Å². The van der Waals surface area contributed by atoms with Crippen LogP contribution in [0.2, 0.25) is 0 Å². The topological polar surface area (TPSA) is 0 Å². The molecule has 0 saturated carbocycles. The molecule has 0 aliphatic rings. The van der Waals surface area contributed by atoms with E-state index in [2.05, 4.69) is 36.7 Å². The lowest BCUT2D eigenvalue weighted by Gasteiger charge is -2.37. The van der Waals surface area contributed by atoms with Gasteiger partial charge in [0.15, 0.2) is 0 Å². The number of unbranched alkanes of at least 4 members (excludes halogenated alkanes) is 6. The first-order valence-corrected chi connectivity index (χ1v) is 9.27. The molecule has 0 spiro atoms. The first-order valence-electron chi connectivity index (χ1n) is 8.15. The third kappa shape index (κ3) is 11.5. The summed E-state index contributed by atoms with van der Waals surface area (Å²) in [5.41, 5.74) is 1.16. The molecule has 1 nitrogen and oxygen atoms in total. The summed E-state index contributed by atoms with van der Waals surface area (Å²) in [5.74, 6) is 0. The van der Waals surface area contributed by atoms with Crippen molar-refractivity contribution < 1.29 is 28.5 Å². The average molecular weight is 448 g/mol. The Morgan fingerprint density at radius 1 is 0.632 bits per heavy atom. The zero-order valence-corrected chi connectivity index (χ0v) is 17.1. The molecule has 19 heavy (non-hydrogen) atoms. The lowest BCUT2D eigenvalue weighted by molar-refractivity contribution is -0.915. The molecule has 0 unspecified atom stereocenters. The molecule has 0 amide bonds. The minimum atomic E-state index is 0. The molecular weight excluding hydrogens is 413 g/mol. The van der Waals surface area contributed by atoms with Crippen molar-refractivity contribution in [3.8, 4) is 0 Å². The van der Waals surface area contributed by atoms with Crippen molar-refractivity contribution in [3.63, 3.8) is 0 Å². The fraction of sp³-hybridized carbons (Fsp3) is 1.00. The number of nitrogens with zero attached hydrogens (tertiary/aromatic N) is 1. The smallest absolute Gasteiger partial charge is 0.134 e. The van der Waals surface area contributed by atoms with Gasteiger partial charge in [-0.25, -0.2) is 0 Å². The largest absolute Gasteiger partial charge is 1.00 e. The Labute approximate surface area is 147 Å². The van der Waals surface area contributed by atoms with Crippen LogP contribution < -0.4 is 24.0 Å². The Bertz CT molecular complexity index is 150. The summed E-state index contributed by atoms with van der Waals surface area (Å²) >= 11 is 3.80. The van der Waals surface area contributed by atoms with Gasteiger partial charge in [-0.3, -0.25) is 0 Å². The van der Waals surface area contributed by atoms with Crippen LogP contribution in [0.25, 0.3) is 0 Å². The quantitative estimate of drug-likeness (QED) is 0.134. The van der Waals surface area contributed by atoms with Crippen LogP contribution in [0.1, 0.15) is 78.6 Å². The molecule has 0 aromatic rings. The summed E-state index contributed by atoms with van der Waals surface area (Å²) < 4.78 is 1.32. The van der Waals surface area contributed by atoms with Gasteiger partial charge >= 0.3 is 0 Å². The van der Waals surface area contributed by atoms with E-state index >= 15 is 0 Å². The van der Waals surface area contributed by atoms with Gasteiger partial charge in [0.05, 0.1) is 19.6 Å². The van der Waals surface area contributed by atoms with Crippen molar-refractivity contribution in [2.24, 2.45) is 0 Å². The molecule has 3 heteroatoms. The molecular formula is C16H35BrIN. The van der Waals surface area contributed by atoms with Crippen LogP contribution >= 0.6 is 15.9 Å². The maximum atomic E-state index is 3.80. The highest BCUT2D eigenvalue weighted by atomic mass is 127. The monoisotopic (exact) mass is 447 g/mol. The number of alkyl halides is 1. The first-order chi connectivity index (χ1) is 8.74. The molecule has 0 rings (SSSR count). The highest BCUT2D eigenvalue weighted by Gasteiger charge is 2.24. The van der Waals surface area contributed by atoms with E-state index in [1.165, 1.54) is 81.9 Å². The number of rotatable bonds is 13. The second-order valence-corrected chi connectivity index (χ2v) is 6.25. The maximum Gasteiger partial charge on any atom is 0.134 e. The molecule has 0 N–H and O–H groups in total. The average Bonchev–Trinajstić information content (AvgIpc) is 2.39. The summed E-state index contributed by atoms with van der Waals surface area (Å²) in [6, 6.07) is 0. The van der Waals surface area contributed by atoms with Crippen LogP contribution in [0.15, 0.2) is 0 Å². The Morgan fingerprint density at radius 2 is 0.947 bits per heavy atom. The predicted molar refractivity (Wildman–Crippen MR) is 87.2 cm³/mol. The van der Waals surface area contributed by atoms with Gasteiger partial charge < -0.3 is 28.5 Å². The van der Waals surface area contributed by atoms with Crippen LogP contribution in [-0.2, 0) is 0 Å². The molecule has 118 valence electrons. The number of halogens is 2. The summed E-state index contributed by atoms with van der Waals surface area (Å²) in [5, 5.41) is 0. The van der Waals surface area contributed by atoms with Gasteiger partial charge in [0.2, 0.25) is 0 Å². The minimum Gasteiger partial charge on any atom is -1.00 e. The fourth-order valence-electron chi connectivity index (χ4n) is 2.61. The van der Waals surface area contributed by atoms with Crippen LogP contribution in [0, 0.1) is 0 Å². The summed E-state index contributed by atoms with van der Waals surface area (Å²) in [6.45, 7) is 11.1. The van der Waals surface area contributed by atoms with Crippen LogP contribution in [0.4, 0.5) is 0 Å². The second kappa shape index (κ2) is 15.6. The molecule has 0 aliphatic heterocycles. The third-order valence-electron chi connectivity index (χ3n) is 3.96. The van der Waals surface area contributed by atoms with Gasteiger partial charge in [0, 0.05) is 0 Å². The van der Waals surface area contributed by atoms with E-state index < -0.39 is 0 Å². The molecule has 0 saturated heterocycles. The van der Waals surface area contributed by atoms with E-state index in [1.807, 2.05) is 0 Å². The molecule has 0 aromatic heterocycles. The summed E-state index contributed by atoms with van der Waals surface area (Å²) in [4.78, 5) is 0. The van der Waals surface area contributed by atoms with E-state index in [-0.39, 0.29) is 24.0 Å². The van der Waals surface area contributed by atoms with Gasteiger partial charge in [-0.05, 0) is 54.5 Å². The van der Waals surface area contributed by atoms with E-state index in [1.54, 1.807) is 0 Å². The standard InChI is InChI=1S/C16H35BrN.HI/c1-4-7-10-13-18(16-17,14-11-8-5-2)15-12-9-6-3;/h4-16H2,1-3H3;1H/q+1;/p-1. The zero-order valence-electron chi connectivity index (χ0n) is 13.4. The molecule has 0 radical (unpaired) electrons. The van der Waals surface area contributed by atoms with E-state index in [9.17, 15) is 0 Å². The predicted octanol–water partition coefficient (Wildman–Crippen LogP) is 2.73. The van der Waals surface area contributed by atoms with E-state index in [0.717, 1.165) is 5.45 Å². The van der Waals surface area contributed by atoms with Crippen molar-refractivity contribution in [1.29, 1.82) is 0 Å². The van der Waals surface area contributed by atoms with Crippen molar-refractivity contribution in [1.82, 2.24) is 0 Å². The number of hydrogen-bond acceptors (Lipinski definition) is 0. The van der Waals surface area contributed by atoms with Gasteiger partial charge in [-0.15, -0.1) is 0 Å². The highest BCUT2D eigenvalue weighted by molar-refractivity contribution is 9.09. The zero-order chi connectivity index (χ0) is 13.7. The molecule has 0 bridgehead atoms. The van der Waals surface area contributed by atoms with Crippen molar-refractivity contribution in [3.05, 3.63) is 0 Å². The Hall–Kier alpha value is 1.17. The lowest BCUT2D eigenvalue weighted by Crippen LogP contribution is -3.00. The molecule has 0 aromatic carbocycles. The third-order valence-corrected chi connectivity index (χ3v) is 5.03. The highest BCUT2D eigenvalue weighted by Crippen LogP contribution is 2.18. The van der Waals surface area contributed by atoms with Gasteiger partial charge in [0.1, 0.15) is 5.45 Å². The maximum absolute atomic E-state index is 3.80. The molecule has 0 fully saturated rings. The number of quaternary nitrogens is 1. The lowest BCUT2D eigenvalue weighted by atomic mass is 10.1. The SMILES string of the molecule is CCCCC[N+](CBr)(CCCCC)CCCCC.[I-]. The van der Waals surface area contributed by atoms with E-state index in [4.69, 9.17) is 0 Å². The van der Waals surface area contributed by atoms with Gasteiger partial charge in [0.25, 0.3) is 0 Å². The van der Waals surface area contributed by atoms with Crippen molar-refractivity contribution >= 4 is 15.9 Å². The normalized spacial score (nSPS) is 11.4. The Balaban J connectivity index is 0. The van der Waals surface area contributed by atoms with Crippen LogP contribution in [-0.4, -0.2) is 29.6 Å². The summed E-state index contributed by atoms with van der Waals surface area (Å²) in [7, 11) is 0. The minimum absolute atomic E-state index is 0. The Morgan fingerprint density at radius 3 is 1.16 bits per heavy atom.